The van der Waals surface area contributed by atoms with Crippen LogP contribution in [0.25, 0.3) is 0 Å². The third kappa shape index (κ3) is 5.30. The van der Waals surface area contributed by atoms with Crippen molar-refractivity contribution in [3.8, 4) is 5.75 Å². The van der Waals surface area contributed by atoms with Crippen molar-refractivity contribution in [1.29, 1.82) is 0 Å². The molecule has 0 aliphatic heterocycles. The summed E-state index contributed by atoms with van der Waals surface area (Å²) in [6.07, 6.45) is 0. The topological polar surface area (TPSA) is 81.7 Å². The average molecular weight is 410 g/mol. The molecule has 0 aliphatic rings. The molecule has 1 atom stereocenters. The van der Waals surface area contributed by atoms with E-state index in [0.717, 1.165) is 5.56 Å². The summed E-state index contributed by atoms with van der Waals surface area (Å²) < 4.78 is 22.3. The molecule has 1 amide bonds. The van der Waals surface area contributed by atoms with E-state index in [9.17, 15) is 13.8 Å². The maximum Gasteiger partial charge on any atom is 0.339 e. The van der Waals surface area contributed by atoms with Crippen molar-refractivity contribution in [1.82, 2.24) is 0 Å². The first kappa shape index (κ1) is 20.9. The Bertz CT molecular complexity index is 884. The number of amides is 1. The number of hydrogen-bond acceptors (Lipinski definition) is 5. The maximum absolute atomic E-state index is 12.3. The van der Waals surface area contributed by atoms with Crippen molar-refractivity contribution in [3.05, 3.63) is 52.5 Å². The summed E-state index contributed by atoms with van der Waals surface area (Å²) >= 11 is 6.04. The van der Waals surface area contributed by atoms with Gasteiger partial charge in [-0.3, -0.25) is 9.00 Å². The van der Waals surface area contributed by atoms with E-state index in [2.05, 4.69) is 5.32 Å². The van der Waals surface area contributed by atoms with Gasteiger partial charge in [0.2, 0.25) is 0 Å². The van der Waals surface area contributed by atoms with Gasteiger partial charge in [-0.05, 0) is 30.7 Å². The average Bonchev–Trinajstić information content (AvgIpc) is 2.68. The van der Waals surface area contributed by atoms with Crippen molar-refractivity contribution < 1.29 is 23.3 Å². The number of rotatable bonds is 7. The second-order valence-electron chi connectivity index (χ2n) is 5.56. The number of hydrogen-bond donors (Lipinski definition) is 1. The van der Waals surface area contributed by atoms with Crippen LogP contribution in [-0.4, -0.2) is 35.6 Å². The molecule has 2 aromatic rings. The van der Waals surface area contributed by atoms with Crippen LogP contribution < -0.4 is 10.1 Å². The van der Waals surface area contributed by atoms with Gasteiger partial charge in [-0.2, -0.15) is 0 Å². The molecule has 144 valence electrons. The van der Waals surface area contributed by atoms with E-state index in [-0.39, 0.29) is 5.56 Å². The van der Waals surface area contributed by atoms with Crippen LogP contribution in [-0.2, 0) is 20.3 Å². The van der Waals surface area contributed by atoms with E-state index in [4.69, 9.17) is 21.1 Å². The molecule has 6 nitrogen and oxygen atoms in total. The van der Waals surface area contributed by atoms with Crippen LogP contribution in [0.5, 0.6) is 5.75 Å². The zero-order valence-electron chi connectivity index (χ0n) is 15.2. The standard InChI is InChI=1S/C19H20ClNO5S/c1-4-27(24)17-8-6-5-7-13(17)19(23)26-11-18(22)21-15-9-12(2)14(20)10-16(15)25-3/h5-10H,4,11H2,1-3H3,(H,21,22)/t27-/m1/s1. The number of aryl methyl sites for hydroxylation is 1. The smallest absolute Gasteiger partial charge is 0.339 e. The minimum atomic E-state index is -1.31. The molecule has 0 fully saturated rings. The molecule has 0 unspecified atom stereocenters. The minimum absolute atomic E-state index is 0.186. The van der Waals surface area contributed by atoms with Crippen LogP contribution in [0.1, 0.15) is 22.8 Å². The molecule has 8 heteroatoms. The van der Waals surface area contributed by atoms with E-state index < -0.39 is 29.3 Å². The lowest BCUT2D eigenvalue weighted by molar-refractivity contribution is -0.119. The van der Waals surface area contributed by atoms with Gasteiger partial charge in [-0.25, -0.2) is 4.79 Å². The molecular formula is C19H20ClNO5S. The van der Waals surface area contributed by atoms with E-state index in [1.54, 1.807) is 44.2 Å². The Balaban J connectivity index is 2.06. The van der Waals surface area contributed by atoms with Crippen LogP contribution in [0.4, 0.5) is 5.69 Å². The fraction of sp³-hybridized carbons (Fsp3) is 0.263. The highest BCUT2D eigenvalue weighted by molar-refractivity contribution is 7.85. The Morgan fingerprint density at radius 3 is 2.59 bits per heavy atom. The van der Waals surface area contributed by atoms with Gasteiger partial charge >= 0.3 is 5.97 Å². The molecule has 0 radical (unpaired) electrons. The number of ether oxygens (including phenoxy) is 2. The molecule has 0 bridgehead atoms. The molecule has 0 aliphatic carbocycles. The first-order chi connectivity index (χ1) is 12.9. The molecule has 0 saturated carbocycles. The second-order valence-corrected chi connectivity index (χ2v) is 7.67. The fourth-order valence-corrected chi connectivity index (χ4v) is 3.41. The highest BCUT2D eigenvalue weighted by atomic mass is 35.5. The first-order valence-corrected chi connectivity index (χ1v) is 9.85. The van der Waals surface area contributed by atoms with Crippen LogP contribution in [0.15, 0.2) is 41.3 Å². The highest BCUT2D eigenvalue weighted by Crippen LogP contribution is 2.30. The highest BCUT2D eigenvalue weighted by Gasteiger charge is 2.18. The number of anilines is 1. The molecule has 0 spiro atoms. The third-order valence-electron chi connectivity index (χ3n) is 3.70. The van der Waals surface area contributed by atoms with Gasteiger partial charge in [0.15, 0.2) is 6.61 Å². The summed E-state index contributed by atoms with van der Waals surface area (Å²) in [6.45, 7) is 3.06. The van der Waals surface area contributed by atoms with Gasteiger partial charge in [-0.15, -0.1) is 0 Å². The summed E-state index contributed by atoms with van der Waals surface area (Å²) in [5.74, 6) is -0.464. The van der Waals surface area contributed by atoms with E-state index in [0.29, 0.717) is 27.1 Å². The van der Waals surface area contributed by atoms with Crippen LogP contribution in [0.2, 0.25) is 5.02 Å². The predicted octanol–water partition coefficient (Wildman–Crippen LogP) is 3.58. The molecular weight excluding hydrogens is 390 g/mol. The Kier molecular flexibility index (Phi) is 7.38. The number of carbonyl (C=O) groups excluding carboxylic acids is 2. The number of carbonyl (C=O) groups is 2. The number of benzene rings is 2. The van der Waals surface area contributed by atoms with Crippen molar-refractivity contribution in [2.24, 2.45) is 0 Å². The lowest BCUT2D eigenvalue weighted by Crippen LogP contribution is -2.22. The van der Waals surface area contributed by atoms with Crippen molar-refractivity contribution in [3.63, 3.8) is 0 Å². The van der Waals surface area contributed by atoms with Gasteiger partial charge in [0.25, 0.3) is 5.91 Å². The predicted molar refractivity (Wildman–Crippen MR) is 105 cm³/mol. The number of methoxy groups -OCH3 is 1. The van der Waals surface area contributed by atoms with Crippen molar-refractivity contribution in [2.45, 2.75) is 18.7 Å². The van der Waals surface area contributed by atoms with E-state index in [1.165, 1.54) is 13.2 Å². The first-order valence-electron chi connectivity index (χ1n) is 8.15. The summed E-state index contributed by atoms with van der Waals surface area (Å²) in [7, 11) is 0.152. The van der Waals surface area contributed by atoms with Crippen molar-refractivity contribution in [2.75, 3.05) is 24.8 Å². The molecule has 0 heterocycles. The SMILES string of the molecule is CC[S@@](=O)c1ccccc1C(=O)OCC(=O)Nc1cc(C)c(Cl)cc1OC. The van der Waals surface area contributed by atoms with Crippen LogP contribution in [0, 0.1) is 6.92 Å². The molecule has 27 heavy (non-hydrogen) atoms. The third-order valence-corrected chi connectivity index (χ3v) is 5.48. The van der Waals surface area contributed by atoms with E-state index >= 15 is 0 Å². The Morgan fingerprint density at radius 1 is 1.22 bits per heavy atom. The quantitative estimate of drug-likeness (QED) is 0.707. The van der Waals surface area contributed by atoms with Crippen LogP contribution in [0.3, 0.4) is 0 Å². The Morgan fingerprint density at radius 2 is 1.93 bits per heavy atom. The van der Waals surface area contributed by atoms with Crippen molar-refractivity contribution >= 4 is 40.0 Å². The molecule has 1 N–H and O–H groups in total. The van der Waals surface area contributed by atoms with Gasteiger partial charge in [0.05, 0.1) is 34.1 Å². The minimum Gasteiger partial charge on any atom is -0.495 e. The maximum atomic E-state index is 12.3. The van der Waals surface area contributed by atoms with Gasteiger partial charge in [-0.1, -0.05) is 30.7 Å². The summed E-state index contributed by atoms with van der Waals surface area (Å²) in [5, 5.41) is 3.14. The fourth-order valence-electron chi connectivity index (χ4n) is 2.31. The van der Waals surface area contributed by atoms with Crippen LogP contribution >= 0.6 is 11.6 Å². The number of halogens is 1. The Labute approximate surface area is 165 Å². The number of nitrogens with one attached hydrogen (secondary N) is 1. The second kappa shape index (κ2) is 9.53. The largest absolute Gasteiger partial charge is 0.495 e. The number of esters is 1. The zero-order valence-corrected chi connectivity index (χ0v) is 16.8. The molecule has 0 aromatic heterocycles. The summed E-state index contributed by atoms with van der Waals surface area (Å²) in [5.41, 5.74) is 1.37. The van der Waals surface area contributed by atoms with Gasteiger partial charge in [0, 0.05) is 16.8 Å². The molecule has 0 saturated heterocycles. The summed E-state index contributed by atoms with van der Waals surface area (Å²) in [4.78, 5) is 24.8. The lowest BCUT2D eigenvalue weighted by Gasteiger charge is -2.13. The van der Waals surface area contributed by atoms with Gasteiger partial charge < -0.3 is 14.8 Å². The lowest BCUT2D eigenvalue weighted by atomic mass is 10.2. The monoisotopic (exact) mass is 409 g/mol. The normalized spacial score (nSPS) is 11.6. The Hall–Kier alpha value is -2.38. The molecule has 2 rings (SSSR count). The van der Waals surface area contributed by atoms with Gasteiger partial charge in [0.1, 0.15) is 5.75 Å². The molecule has 2 aromatic carbocycles. The summed E-state index contributed by atoms with van der Waals surface area (Å²) in [6, 6.07) is 9.73. The van der Waals surface area contributed by atoms with E-state index in [1.807, 2.05) is 0 Å². The zero-order chi connectivity index (χ0) is 20.0.